The first kappa shape index (κ1) is 13.4. The maximum absolute atomic E-state index is 12.4. The Morgan fingerprint density at radius 2 is 1.74 bits per heavy atom. The van der Waals surface area contributed by atoms with E-state index in [0.717, 1.165) is 11.6 Å². The number of halogens is 3. The van der Waals surface area contributed by atoms with Crippen LogP contribution in [0, 0.1) is 0 Å². The van der Waals surface area contributed by atoms with E-state index >= 15 is 0 Å². The summed E-state index contributed by atoms with van der Waals surface area (Å²) in [6.07, 6.45) is -3.20. The van der Waals surface area contributed by atoms with Gasteiger partial charge in [0.05, 0.1) is 11.9 Å². The summed E-state index contributed by atoms with van der Waals surface area (Å²) < 4.78 is 37.1. The van der Waals surface area contributed by atoms with Crippen LogP contribution in [-0.4, -0.2) is 4.98 Å². The molecule has 0 radical (unpaired) electrons. The van der Waals surface area contributed by atoms with Gasteiger partial charge in [0.2, 0.25) is 0 Å². The number of aromatic nitrogens is 1. The molecule has 0 spiro atoms. The largest absolute Gasteiger partial charge is 0.433 e. The zero-order chi connectivity index (χ0) is 13.9. The highest BCUT2D eigenvalue weighted by atomic mass is 19.4. The van der Waals surface area contributed by atoms with E-state index in [9.17, 15) is 13.2 Å². The summed E-state index contributed by atoms with van der Waals surface area (Å²) in [4.78, 5) is 3.41. The lowest BCUT2D eigenvalue weighted by Gasteiger charge is -2.15. The third kappa shape index (κ3) is 3.47. The van der Waals surface area contributed by atoms with E-state index in [1.54, 1.807) is 0 Å². The van der Waals surface area contributed by atoms with Crippen molar-refractivity contribution in [3.05, 3.63) is 59.9 Å². The van der Waals surface area contributed by atoms with Crippen LogP contribution in [0.15, 0.2) is 48.7 Å². The number of hydrogen-bond acceptors (Lipinski definition) is 2. The lowest BCUT2D eigenvalue weighted by molar-refractivity contribution is -0.141. The van der Waals surface area contributed by atoms with Gasteiger partial charge in [-0.05, 0) is 24.6 Å². The van der Waals surface area contributed by atoms with Crippen molar-refractivity contribution in [2.45, 2.75) is 19.1 Å². The van der Waals surface area contributed by atoms with Crippen LogP contribution < -0.4 is 5.32 Å². The molecule has 100 valence electrons. The molecule has 1 aromatic heterocycles. The Kier molecular flexibility index (Phi) is 3.74. The van der Waals surface area contributed by atoms with Crippen molar-refractivity contribution in [3.63, 3.8) is 0 Å². The first-order valence-corrected chi connectivity index (χ1v) is 5.81. The average Bonchev–Trinajstić information content (AvgIpc) is 2.39. The summed E-state index contributed by atoms with van der Waals surface area (Å²) in [6.45, 7) is 1.94. The quantitative estimate of drug-likeness (QED) is 0.897. The van der Waals surface area contributed by atoms with Crippen LogP contribution in [-0.2, 0) is 6.18 Å². The van der Waals surface area contributed by atoms with Crippen molar-refractivity contribution < 1.29 is 13.2 Å². The highest BCUT2D eigenvalue weighted by molar-refractivity contribution is 5.43. The fourth-order valence-corrected chi connectivity index (χ4v) is 1.72. The van der Waals surface area contributed by atoms with Crippen molar-refractivity contribution in [2.75, 3.05) is 5.32 Å². The zero-order valence-electron chi connectivity index (χ0n) is 10.3. The second kappa shape index (κ2) is 5.30. The molecule has 2 nitrogen and oxygen atoms in total. The molecule has 0 aliphatic carbocycles. The fraction of sp³-hybridized carbons (Fsp3) is 0.214. The summed E-state index contributed by atoms with van der Waals surface area (Å²) in [6, 6.07) is 12.0. The monoisotopic (exact) mass is 266 g/mol. The normalized spacial score (nSPS) is 13.1. The van der Waals surface area contributed by atoms with E-state index in [2.05, 4.69) is 10.3 Å². The average molecular weight is 266 g/mol. The number of nitrogens with one attached hydrogen (secondary N) is 1. The Bertz CT molecular complexity index is 521. The van der Waals surface area contributed by atoms with Crippen molar-refractivity contribution in [1.82, 2.24) is 4.98 Å². The van der Waals surface area contributed by atoms with Gasteiger partial charge in [0.1, 0.15) is 5.69 Å². The van der Waals surface area contributed by atoms with Gasteiger partial charge in [-0.1, -0.05) is 30.3 Å². The molecule has 0 fully saturated rings. The van der Waals surface area contributed by atoms with Crippen molar-refractivity contribution in [2.24, 2.45) is 0 Å². The summed E-state index contributed by atoms with van der Waals surface area (Å²) in [5.41, 5.74) is 0.733. The minimum atomic E-state index is -4.40. The van der Waals surface area contributed by atoms with E-state index in [0.29, 0.717) is 5.69 Å². The van der Waals surface area contributed by atoms with E-state index in [4.69, 9.17) is 0 Å². The van der Waals surface area contributed by atoms with Gasteiger partial charge < -0.3 is 5.32 Å². The maximum Gasteiger partial charge on any atom is 0.433 e. The van der Waals surface area contributed by atoms with Crippen molar-refractivity contribution in [3.8, 4) is 0 Å². The lowest BCUT2D eigenvalue weighted by atomic mass is 10.1. The topological polar surface area (TPSA) is 24.9 Å². The number of nitrogens with zero attached hydrogens (tertiary/aromatic N) is 1. The molecule has 0 saturated carbocycles. The molecule has 5 heteroatoms. The van der Waals surface area contributed by atoms with Crippen LogP contribution in [0.25, 0.3) is 0 Å². The Labute approximate surface area is 109 Å². The number of anilines is 1. The van der Waals surface area contributed by atoms with Crippen LogP contribution >= 0.6 is 0 Å². The van der Waals surface area contributed by atoms with Crippen LogP contribution in [0.2, 0.25) is 0 Å². The van der Waals surface area contributed by atoms with Crippen LogP contribution in [0.5, 0.6) is 0 Å². The third-order valence-corrected chi connectivity index (χ3v) is 2.74. The van der Waals surface area contributed by atoms with Gasteiger partial charge in [-0.25, -0.2) is 4.98 Å². The molecule has 1 unspecified atom stereocenters. The van der Waals surface area contributed by atoms with Crippen molar-refractivity contribution >= 4 is 5.69 Å². The molecular weight excluding hydrogens is 253 g/mol. The maximum atomic E-state index is 12.4. The van der Waals surface area contributed by atoms with E-state index in [1.165, 1.54) is 12.3 Å². The van der Waals surface area contributed by atoms with E-state index in [1.807, 2.05) is 37.3 Å². The van der Waals surface area contributed by atoms with E-state index < -0.39 is 11.9 Å². The minimum Gasteiger partial charge on any atom is -0.377 e. The Balaban J connectivity index is 2.08. The van der Waals surface area contributed by atoms with Gasteiger partial charge in [-0.2, -0.15) is 13.2 Å². The fourth-order valence-electron chi connectivity index (χ4n) is 1.72. The molecule has 0 aliphatic rings. The van der Waals surface area contributed by atoms with Gasteiger partial charge in [-0.3, -0.25) is 0 Å². The Morgan fingerprint density at radius 1 is 1.05 bits per heavy atom. The number of rotatable bonds is 3. The third-order valence-electron chi connectivity index (χ3n) is 2.74. The number of alkyl halides is 3. The van der Waals surface area contributed by atoms with Gasteiger partial charge in [0, 0.05) is 6.04 Å². The SMILES string of the molecule is CC(Nc1ccc(C(F)(F)F)nc1)c1ccccc1. The lowest BCUT2D eigenvalue weighted by Crippen LogP contribution is -2.10. The van der Waals surface area contributed by atoms with Crippen LogP contribution in [0.3, 0.4) is 0 Å². The van der Waals surface area contributed by atoms with Gasteiger partial charge >= 0.3 is 6.18 Å². The molecule has 1 atom stereocenters. The zero-order valence-corrected chi connectivity index (χ0v) is 10.3. The second-order valence-electron chi connectivity index (χ2n) is 4.21. The molecule has 0 aliphatic heterocycles. The molecule has 0 saturated heterocycles. The van der Waals surface area contributed by atoms with Crippen LogP contribution in [0.1, 0.15) is 24.2 Å². The summed E-state index contributed by atoms with van der Waals surface area (Å²) in [5.74, 6) is 0. The minimum absolute atomic E-state index is 0.000244. The predicted molar refractivity (Wildman–Crippen MR) is 67.7 cm³/mol. The summed E-state index contributed by atoms with van der Waals surface area (Å²) >= 11 is 0. The molecular formula is C14H13F3N2. The summed E-state index contributed by atoms with van der Waals surface area (Å²) in [7, 11) is 0. The molecule has 19 heavy (non-hydrogen) atoms. The van der Waals surface area contributed by atoms with Gasteiger partial charge in [0.25, 0.3) is 0 Å². The first-order chi connectivity index (χ1) is 8.97. The smallest absolute Gasteiger partial charge is 0.377 e. The Hall–Kier alpha value is -2.04. The Morgan fingerprint density at radius 3 is 2.26 bits per heavy atom. The molecule has 0 bridgehead atoms. The number of benzene rings is 1. The van der Waals surface area contributed by atoms with Crippen molar-refractivity contribution in [1.29, 1.82) is 0 Å². The molecule has 0 amide bonds. The molecule has 1 N–H and O–H groups in total. The highest BCUT2D eigenvalue weighted by Crippen LogP contribution is 2.28. The number of pyridine rings is 1. The molecule has 2 aromatic rings. The molecule has 2 rings (SSSR count). The summed E-state index contributed by atoms with van der Waals surface area (Å²) in [5, 5.41) is 3.11. The van der Waals surface area contributed by atoms with Gasteiger partial charge in [-0.15, -0.1) is 0 Å². The van der Waals surface area contributed by atoms with E-state index in [-0.39, 0.29) is 6.04 Å². The van der Waals surface area contributed by atoms with Gasteiger partial charge in [0.15, 0.2) is 0 Å². The number of hydrogen-bond donors (Lipinski definition) is 1. The second-order valence-corrected chi connectivity index (χ2v) is 4.21. The molecule has 1 heterocycles. The standard InChI is InChI=1S/C14H13F3N2/c1-10(11-5-3-2-4-6-11)19-12-7-8-13(18-9-12)14(15,16)17/h2-10,19H,1H3. The predicted octanol–water partition coefficient (Wildman–Crippen LogP) is 4.27. The first-order valence-electron chi connectivity index (χ1n) is 5.81. The highest BCUT2D eigenvalue weighted by Gasteiger charge is 2.32. The van der Waals surface area contributed by atoms with Crippen LogP contribution in [0.4, 0.5) is 18.9 Å². The molecule has 1 aromatic carbocycles.